The SMILES string of the molecule is CCC(C)(C)c1cccn1C(=O)OC(C)(C)C. The molecule has 0 atom stereocenters. The molecule has 0 saturated carbocycles. The van der Waals surface area contributed by atoms with Crippen molar-refractivity contribution in [3.05, 3.63) is 24.0 Å². The van der Waals surface area contributed by atoms with Crippen LogP contribution in [0.5, 0.6) is 0 Å². The number of nitrogens with zero attached hydrogens (tertiary/aromatic N) is 1. The van der Waals surface area contributed by atoms with E-state index < -0.39 is 5.60 Å². The molecule has 0 N–H and O–H groups in total. The van der Waals surface area contributed by atoms with Crippen LogP contribution in [0.4, 0.5) is 4.79 Å². The van der Waals surface area contributed by atoms with Crippen molar-refractivity contribution in [3.63, 3.8) is 0 Å². The average Bonchev–Trinajstić information content (AvgIpc) is 2.63. The van der Waals surface area contributed by atoms with E-state index in [4.69, 9.17) is 4.74 Å². The highest BCUT2D eigenvalue weighted by Crippen LogP contribution is 2.27. The van der Waals surface area contributed by atoms with Gasteiger partial charge in [-0.3, -0.25) is 4.57 Å². The molecule has 0 bridgehead atoms. The Kier molecular flexibility index (Phi) is 3.70. The second-order valence-corrected chi connectivity index (χ2v) is 5.98. The first-order valence-corrected chi connectivity index (χ1v) is 6.08. The summed E-state index contributed by atoms with van der Waals surface area (Å²) in [7, 11) is 0. The van der Waals surface area contributed by atoms with Crippen LogP contribution in [-0.2, 0) is 10.2 Å². The lowest BCUT2D eigenvalue weighted by Crippen LogP contribution is -2.30. The van der Waals surface area contributed by atoms with Gasteiger partial charge in [-0.05, 0) is 39.3 Å². The van der Waals surface area contributed by atoms with E-state index in [9.17, 15) is 4.79 Å². The predicted octanol–water partition coefficient (Wildman–Crippen LogP) is 3.96. The molecule has 17 heavy (non-hydrogen) atoms. The van der Waals surface area contributed by atoms with Crippen molar-refractivity contribution < 1.29 is 9.53 Å². The molecular weight excluding hydrogens is 214 g/mol. The van der Waals surface area contributed by atoms with Crippen molar-refractivity contribution in [2.75, 3.05) is 0 Å². The number of hydrogen-bond acceptors (Lipinski definition) is 2. The molecule has 0 aliphatic carbocycles. The van der Waals surface area contributed by atoms with Gasteiger partial charge in [0, 0.05) is 17.3 Å². The summed E-state index contributed by atoms with van der Waals surface area (Å²) >= 11 is 0. The Labute approximate surface area is 104 Å². The molecule has 0 amide bonds. The van der Waals surface area contributed by atoms with Crippen molar-refractivity contribution in [3.8, 4) is 0 Å². The minimum Gasteiger partial charge on any atom is -0.443 e. The van der Waals surface area contributed by atoms with Gasteiger partial charge in [0.15, 0.2) is 0 Å². The molecule has 1 heterocycles. The summed E-state index contributed by atoms with van der Waals surface area (Å²) in [6.07, 6.45) is 2.43. The number of carbonyl (C=O) groups excluding carboxylic acids is 1. The zero-order valence-corrected chi connectivity index (χ0v) is 11.7. The van der Waals surface area contributed by atoms with E-state index in [1.54, 1.807) is 10.8 Å². The minimum atomic E-state index is -0.463. The summed E-state index contributed by atoms with van der Waals surface area (Å²) in [5.41, 5.74) is 0.504. The maximum Gasteiger partial charge on any atom is 0.418 e. The monoisotopic (exact) mass is 237 g/mol. The molecule has 0 radical (unpaired) electrons. The first-order chi connectivity index (χ1) is 7.67. The average molecular weight is 237 g/mol. The largest absolute Gasteiger partial charge is 0.443 e. The quantitative estimate of drug-likeness (QED) is 0.779. The molecule has 0 aliphatic rings. The third kappa shape index (κ3) is 3.35. The van der Waals surface area contributed by atoms with Gasteiger partial charge in [0.05, 0.1) is 0 Å². The van der Waals surface area contributed by atoms with Crippen molar-refractivity contribution >= 4 is 6.09 Å². The van der Waals surface area contributed by atoms with Gasteiger partial charge >= 0.3 is 6.09 Å². The number of rotatable bonds is 2. The van der Waals surface area contributed by atoms with Gasteiger partial charge in [-0.1, -0.05) is 20.8 Å². The number of hydrogen-bond donors (Lipinski definition) is 0. The highest BCUT2D eigenvalue weighted by Gasteiger charge is 2.26. The van der Waals surface area contributed by atoms with E-state index >= 15 is 0 Å². The summed E-state index contributed by atoms with van der Waals surface area (Å²) in [6.45, 7) is 12.0. The fraction of sp³-hybridized carbons (Fsp3) is 0.643. The number of carbonyl (C=O) groups is 1. The zero-order chi connectivity index (χ0) is 13.3. The molecular formula is C14H23NO2. The van der Waals surface area contributed by atoms with Crippen LogP contribution in [0.25, 0.3) is 0 Å². The van der Waals surface area contributed by atoms with Crippen LogP contribution in [0.15, 0.2) is 18.3 Å². The first kappa shape index (κ1) is 13.8. The van der Waals surface area contributed by atoms with Gasteiger partial charge in [0.1, 0.15) is 5.60 Å². The lowest BCUT2D eigenvalue weighted by molar-refractivity contribution is 0.0527. The third-order valence-corrected chi connectivity index (χ3v) is 2.92. The first-order valence-electron chi connectivity index (χ1n) is 6.08. The molecule has 0 aromatic carbocycles. The number of ether oxygens (including phenoxy) is 1. The lowest BCUT2D eigenvalue weighted by Gasteiger charge is -2.26. The molecule has 3 nitrogen and oxygen atoms in total. The van der Waals surface area contributed by atoms with Crippen LogP contribution in [0.3, 0.4) is 0 Å². The van der Waals surface area contributed by atoms with E-state index in [1.807, 2.05) is 32.9 Å². The van der Waals surface area contributed by atoms with Crippen LogP contribution < -0.4 is 0 Å². The molecule has 0 spiro atoms. The Morgan fingerprint density at radius 2 is 1.88 bits per heavy atom. The second-order valence-electron chi connectivity index (χ2n) is 5.98. The Hall–Kier alpha value is -1.25. The van der Waals surface area contributed by atoms with E-state index in [0.717, 1.165) is 12.1 Å². The van der Waals surface area contributed by atoms with Gasteiger partial charge in [-0.2, -0.15) is 0 Å². The summed E-state index contributed by atoms with van der Waals surface area (Å²) < 4.78 is 6.99. The standard InChI is InChI=1S/C14H23NO2/c1-7-14(5,6)11-9-8-10-15(11)12(16)17-13(2,3)4/h8-10H,7H2,1-6H3. The molecule has 1 aromatic heterocycles. The molecule has 1 rings (SSSR count). The van der Waals surface area contributed by atoms with Crippen molar-refractivity contribution in [1.82, 2.24) is 4.57 Å². The van der Waals surface area contributed by atoms with E-state index in [1.165, 1.54) is 0 Å². The highest BCUT2D eigenvalue weighted by atomic mass is 16.6. The van der Waals surface area contributed by atoms with Crippen LogP contribution in [-0.4, -0.2) is 16.3 Å². The van der Waals surface area contributed by atoms with Crippen LogP contribution >= 0.6 is 0 Å². The molecule has 0 unspecified atom stereocenters. The maximum atomic E-state index is 12.0. The van der Waals surface area contributed by atoms with Crippen molar-refractivity contribution in [2.24, 2.45) is 0 Å². The van der Waals surface area contributed by atoms with Gasteiger partial charge in [0.2, 0.25) is 0 Å². The van der Waals surface area contributed by atoms with Crippen LogP contribution in [0, 0.1) is 0 Å². The molecule has 3 heteroatoms. The van der Waals surface area contributed by atoms with Crippen LogP contribution in [0.1, 0.15) is 53.7 Å². The maximum absolute atomic E-state index is 12.0. The Bertz CT molecular complexity index is 397. The van der Waals surface area contributed by atoms with Gasteiger partial charge in [-0.15, -0.1) is 0 Å². The van der Waals surface area contributed by atoms with E-state index in [-0.39, 0.29) is 11.5 Å². The van der Waals surface area contributed by atoms with E-state index in [0.29, 0.717) is 0 Å². The number of aromatic nitrogens is 1. The summed E-state index contributed by atoms with van der Waals surface area (Å²) in [6, 6.07) is 3.87. The van der Waals surface area contributed by atoms with Crippen LogP contribution in [0.2, 0.25) is 0 Å². The molecule has 96 valence electrons. The van der Waals surface area contributed by atoms with E-state index in [2.05, 4.69) is 20.8 Å². The second kappa shape index (κ2) is 4.55. The Morgan fingerprint density at radius 1 is 1.29 bits per heavy atom. The molecule has 0 aliphatic heterocycles. The Balaban J connectivity index is 3.01. The molecule has 1 aromatic rings. The topological polar surface area (TPSA) is 31.2 Å². The van der Waals surface area contributed by atoms with Gasteiger partial charge in [-0.25, -0.2) is 4.79 Å². The summed E-state index contributed by atoms with van der Waals surface area (Å²) in [5.74, 6) is 0. The Morgan fingerprint density at radius 3 is 2.35 bits per heavy atom. The summed E-state index contributed by atoms with van der Waals surface area (Å²) in [4.78, 5) is 12.0. The van der Waals surface area contributed by atoms with Gasteiger partial charge < -0.3 is 4.74 Å². The fourth-order valence-electron chi connectivity index (χ4n) is 1.58. The molecule has 0 saturated heterocycles. The lowest BCUT2D eigenvalue weighted by atomic mass is 9.86. The van der Waals surface area contributed by atoms with Crippen molar-refractivity contribution in [1.29, 1.82) is 0 Å². The normalized spacial score (nSPS) is 12.6. The van der Waals surface area contributed by atoms with Gasteiger partial charge in [0.25, 0.3) is 0 Å². The fourth-order valence-corrected chi connectivity index (χ4v) is 1.58. The zero-order valence-electron chi connectivity index (χ0n) is 11.7. The summed E-state index contributed by atoms with van der Waals surface area (Å²) in [5, 5.41) is 0. The highest BCUT2D eigenvalue weighted by molar-refractivity contribution is 5.72. The molecule has 0 fully saturated rings. The predicted molar refractivity (Wildman–Crippen MR) is 69.4 cm³/mol. The minimum absolute atomic E-state index is 0.0274. The third-order valence-electron chi connectivity index (χ3n) is 2.92. The van der Waals surface area contributed by atoms with Crippen molar-refractivity contribution in [2.45, 2.75) is 59.0 Å². The smallest absolute Gasteiger partial charge is 0.418 e.